The van der Waals surface area contributed by atoms with E-state index in [1.807, 2.05) is 17.5 Å². The van der Waals surface area contributed by atoms with Gasteiger partial charge in [0.25, 0.3) is 0 Å². The lowest BCUT2D eigenvalue weighted by Gasteiger charge is -1.98. The van der Waals surface area contributed by atoms with E-state index in [1.54, 1.807) is 0 Å². The van der Waals surface area contributed by atoms with E-state index in [4.69, 9.17) is 0 Å². The number of nitrogens with one attached hydrogen (secondary N) is 1. The maximum Gasteiger partial charge on any atom is 0.0971 e. The van der Waals surface area contributed by atoms with Crippen LogP contribution in [0.25, 0.3) is 0 Å². The van der Waals surface area contributed by atoms with Gasteiger partial charge in [0, 0.05) is 34.6 Å². The van der Waals surface area contributed by atoms with Gasteiger partial charge in [-0.05, 0) is 30.5 Å². The second-order valence-corrected chi connectivity index (χ2v) is 6.79. The molecule has 0 saturated heterocycles. The lowest BCUT2D eigenvalue weighted by atomic mass is 10.2. The number of nitrogens with zero attached hydrogens (tertiary/aromatic N) is 1. The molecule has 2 nitrogen and oxygen atoms in total. The SMILES string of the molecule is Brc1ccc(Cc2ncc(CNC3CC3)s2)cc1. The summed E-state index contributed by atoms with van der Waals surface area (Å²) in [6.45, 7) is 0.975. The zero-order chi connectivity index (χ0) is 12.4. The number of halogens is 1. The van der Waals surface area contributed by atoms with Gasteiger partial charge in [-0.2, -0.15) is 0 Å². The molecule has 0 amide bonds. The van der Waals surface area contributed by atoms with E-state index in [9.17, 15) is 0 Å². The molecule has 0 radical (unpaired) electrons. The van der Waals surface area contributed by atoms with Crippen molar-refractivity contribution in [1.82, 2.24) is 10.3 Å². The van der Waals surface area contributed by atoms with Crippen LogP contribution < -0.4 is 5.32 Å². The fourth-order valence-electron chi connectivity index (χ4n) is 1.82. The maximum absolute atomic E-state index is 4.50. The third-order valence-corrected chi connectivity index (χ3v) is 4.54. The second kappa shape index (κ2) is 5.51. The minimum Gasteiger partial charge on any atom is -0.309 e. The summed E-state index contributed by atoms with van der Waals surface area (Å²) in [6.07, 6.45) is 5.62. The molecular weight excluding hydrogens is 308 g/mol. The summed E-state index contributed by atoms with van der Waals surface area (Å²) in [5.74, 6) is 0. The van der Waals surface area contributed by atoms with Crippen LogP contribution in [0.3, 0.4) is 0 Å². The van der Waals surface area contributed by atoms with Gasteiger partial charge in [0.15, 0.2) is 0 Å². The molecule has 0 aliphatic heterocycles. The topological polar surface area (TPSA) is 24.9 Å². The lowest BCUT2D eigenvalue weighted by Crippen LogP contribution is -2.14. The van der Waals surface area contributed by atoms with E-state index in [-0.39, 0.29) is 0 Å². The number of hydrogen-bond acceptors (Lipinski definition) is 3. The van der Waals surface area contributed by atoms with E-state index in [1.165, 1.54) is 28.3 Å². The largest absolute Gasteiger partial charge is 0.309 e. The van der Waals surface area contributed by atoms with Crippen LogP contribution in [0.2, 0.25) is 0 Å². The fourth-order valence-corrected chi connectivity index (χ4v) is 2.99. The van der Waals surface area contributed by atoms with Crippen LogP contribution in [-0.4, -0.2) is 11.0 Å². The number of hydrogen-bond donors (Lipinski definition) is 1. The second-order valence-electron chi connectivity index (χ2n) is 4.68. The fraction of sp³-hybridized carbons (Fsp3) is 0.357. The van der Waals surface area contributed by atoms with E-state index in [2.05, 4.69) is 50.5 Å². The van der Waals surface area contributed by atoms with Gasteiger partial charge >= 0.3 is 0 Å². The number of aromatic nitrogens is 1. The van der Waals surface area contributed by atoms with E-state index < -0.39 is 0 Å². The first-order valence-electron chi connectivity index (χ1n) is 6.21. The zero-order valence-corrected chi connectivity index (χ0v) is 12.4. The highest BCUT2D eigenvalue weighted by atomic mass is 79.9. The van der Waals surface area contributed by atoms with Crippen LogP contribution in [0.5, 0.6) is 0 Å². The van der Waals surface area contributed by atoms with E-state index in [0.29, 0.717) is 0 Å². The normalized spacial score (nSPS) is 14.9. The van der Waals surface area contributed by atoms with Crippen molar-refractivity contribution in [2.24, 2.45) is 0 Å². The maximum atomic E-state index is 4.50. The molecular formula is C14H15BrN2S. The molecule has 0 spiro atoms. The van der Waals surface area contributed by atoms with Gasteiger partial charge in [-0.3, -0.25) is 0 Å². The van der Waals surface area contributed by atoms with Crippen molar-refractivity contribution in [3.05, 3.63) is 50.4 Å². The Morgan fingerprint density at radius 2 is 2.06 bits per heavy atom. The Morgan fingerprint density at radius 1 is 1.28 bits per heavy atom. The average molecular weight is 323 g/mol. The van der Waals surface area contributed by atoms with Crippen LogP contribution in [0.15, 0.2) is 34.9 Å². The molecule has 1 aliphatic rings. The Labute approximate surface area is 120 Å². The highest BCUT2D eigenvalue weighted by molar-refractivity contribution is 9.10. The highest BCUT2D eigenvalue weighted by Crippen LogP contribution is 2.22. The minimum absolute atomic E-state index is 0.766. The molecule has 1 N–H and O–H groups in total. The van der Waals surface area contributed by atoms with Crippen molar-refractivity contribution < 1.29 is 0 Å². The summed E-state index contributed by atoms with van der Waals surface area (Å²) in [7, 11) is 0. The van der Waals surface area contributed by atoms with Gasteiger partial charge < -0.3 is 5.32 Å². The molecule has 1 fully saturated rings. The lowest BCUT2D eigenvalue weighted by molar-refractivity contribution is 0.694. The van der Waals surface area contributed by atoms with Crippen LogP contribution in [0, 0.1) is 0 Å². The van der Waals surface area contributed by atoms with Gasteiger partial charge in [0.05, 0.1) is 5.01 Å². The number of thiazole rings is 1. The zero-order valence-electron chi connectivity index (χ0n) is 10.0. The summed E-state index contributed by atoms with van der Waals surface area (Å²) in [6, 6.07) is 9.22. The molecule has 0 atom stereocenters. The summed E-state index contributed by atoms with van der Waals surface area (Å²) >= 11 is 5.27. The van der Waals surface area contributed by atoms with Crippen LogP contribution in [0.1, 0.15) is 28.3 Å². The minimum atomic E-state index is 0.766. The highest BCUT2D eigenvalue weighted by Gasteiger charge is 2.20. The first kappa shape index (κ1) is 12.3. The Balaban J connectivity index is 1.60. The average Bonchev–Trinajstić information content (AvgIpc) is 3.10. The van der Waals surface area contributed by atoms with Gasteiger partial charge in [-0.1, -0.05) is 28.1 Å². The van der Waals surface area contributed by atoms with Crippen molar-refractivity contribution in [2.75, 3.05) is 0 Å². The van der Waals surface area contributed by atoms with Crippen molar-refractivity contribution in [1.29, 1.82) is 0 Å². The third kappa shape index (κ3) is 3.40. The molecule has 4 heteroatoms. The van der Waals surface area contributed by atoms with Crippen molar-refractivity contribution in [3.63, 3.8) is 0 Å². The summed E-state index contributed by atoms with van der Waals surface area (Å²) in [4.78, 5) is 5.84. The van der Waals surface area contributed by atoms with Gasteiger partial charge in [0.1, 0.15) is 0 Å². The Bertz CT molecular complexity index is 517. The Morgan fingerprint density at radius 3 is 2.78 bits per heavy atom. The van der Waals surface area contributed by atoms with Gasteiger partial charge in [-0.15, -0.1) is 11.3 Å². The predicted molar refractivity (Wildman–Crippen MR) is 78.9 cm³/mol. The standard InChI is InChI=1S/C14H15BrN2S/c15-11-3-1-10(2-4-11)7-14-17-9-13(18-14)8-16-12-5-6-12/h1-4,9,12,16H,5-8H2. The van der Waals surface area contributed by atoms with Crippen LogP contribution >= 0.6 is 27.3 Å². The van der Waals surface area contributed by atoms with Crippen LogP contribution in [-0.2, 0) is 13.0 Å². The molecule has 1 aromatic carbocycles. The molecule has 0 bridgehead atoms. The number of rotatable bonds is 5. The molecule has 3 rings (SSSR count). The first-order chi connectivity index (χ1) is 8.79. The third-order valence-electron chi connectivity index (χ3n) is 3.01. The summed E-state index contributed by atoms with van der Waals surface area (Å²) in [5, 5.41) is 4.72. The molecule has 1 aromatic heterocycles. The van der Waals surface area contributed by atoms with Crippen molar-refractivity contribution in [3.8, 4) is 0 Å². The Hall–Kier alpha value is -0.710. The number of benzene rings is 1. The molecule has 1 saturated carbocycles. The summed E-state index contributed by atoms with van der Waals surface area (Å²) < 4.78 is 1.12. The van der Waals surface area contributed by atoms with Gasteiger partial charge in [-0.25, -0.2) is 4.98 Å². The molecule has 18 heavy (non-hydrogen) atoms. The summed E-state index contributed by atoms with van der Waals surface area (Å²) in [5.41, 5.74) is 1.31. The van der Waals surface area contributed by atoms with Gasteiger partial charge in [0.2, 0.25) is 0 Å². The van der Waals surface area contributed by atoms with Crippen molar-refractivity contribution in [2.45, 2.75) is 31.8 Å². The van der Waals surface area contributed by atoms with Crippen molar-refractivity contribution >= 4 is 27.3 Å². The predicted octanol–water partition coefficient (Wildman–Crippen LogP) is 3.75. The molecule has 94 valence electrons. The van der Waals surface area contributed by atoms with E-state index >= 15 is 0 Å². The monoisotopic (exact) mass is 322 g/mol. The smallest absolute Gasteiger partial charge is 0.0971 e. The van der Waals surface area contributed by atoms with E-state index in [0.717, 1.165) is 23.5 Å². The quantitative estimate of drug-likeness (QED) is 0.906. The molecule has 1 aliphatic carbocycles. The Kier molecular flexibility index (Phi) is 3.77. The first-order valence-corrected chi connectivity index (χ1v) is 7.82. The molecule has 0 unspecified atom stereocenters. The molecule has 2 aromatic rings. The molecule has 1 heterocycles. The van der Waals surface area contributed by atoms with Crippen LogP contribution in [0.4, 0.5) is 0 Å².